The Labute approximate surface area is 170 Å². The second-order valence-electron chi connectivity index (χ2n) is 8.32. The summed E-state index contributed by atoms with van der Waals surface area (Å²) in [5, 5.41) is 0.463. The van der Waals surface area contributed by atoms with Gasteiger partial charge in [-0.15, -0.1) is 0 Å². The van der Waals surface area contributed by atoms with E-state index in [2.05, 4.69) is 11.1 Å². The molecule has 1 amide bonds. The lowest BCUT2D eigenvalue weighted by Crippen LogP contribution is -2.54. The first-order chi connectivity index (χ1) is 13.9. The van der Waals surface area contributed by atoms with Crippen molar-refractivity contribution in [1.82, 2.24) is 9.88 Å². The SMILES string of the molecule is Cc1ccc(S(=O)(=O)[C@@H]2CC(C)C(=O)N3CCc4c([nH]c5ccccc45)[C@@H]23)cc1. The molecule has 1 fully saturated rings. The van der Waals surface area contributed by atoms with Gasteiger partial charge in [-0.25, -0.2) is 8.42 Å². The third-order valence-corrected chi connectivity index (χ3v) is 8.65. The van der Waals surface area contributed by atoms with Gasteiger partial charge >= 0.3 is 0 Å². The summed E-state index contributed by atoms with van der Waals surface area (Å²) in [5.74, 6) is -0.253. The van der Waals surface area contributed by atoms with Gasteiger partial charge in [0.2, 0.25) is 5.91 Å². The molecular weight excluding hydrogens is 384 g/mol. The van der Waals surface area contributed by atoms with Crippen LogP contribution in [0.5, 0.6) is 0 Å². The number of hydrogen-bond donors (Lipinski definition) is 1. The van der Waals surface area contributed by atoms with E-state index in [1.807, 2.05) is 44.2 Å². The molecule has 0 aliphatic carbocycles. The van der Waals surface area contributed by atoms with E-state index in [9.17, 15) is 13.2 Å². The molecule has 29 heavy (non-hydrogen) atoms. The molecule has 0 radical (unpaired) electrons. The minimum atomic E-state index is -3.60. The number of nitrogens with one attached hydrogen (secondary N) is 1. The number of carbonyl (C=O) groups excluding carboxylic acids is 1. The highest BCUT2D eigenvalue weighted by atomic mass is 32.2. The second kappa shape index (κ2) is 6.46. The molecule has 1 unspecified atom stereocenters. The van der Waals surface area contributed by atoms with Crippen molar-refractivity contribution in [3.05, 3.63) is 65.4 Å². The van der Waals surface area contributed by atoms with Crippen LogP contribution in [0.3, 0.4) is 0 Å². The minimum Gasteiger partial charge on any atom is -0.356 e. The predicted molar refractivity (Wildman–Crippen MR) is 112 cm³/mol. The molecule has 3 heterocycles. The molecule has 3 atom stereocenters. The van der Waals surface area contributed by atoms with Crippen molar-refractivity contribution in [3.63, 3.8) is 0 Å². The lowest BCUT2D eigenvalue weighted by molar-refractivity contribution is -0.141. The number of H-pyrrole nitrogens is 1. The van der Waals surface area contributed by atoms with Crippen molar-refractivity contribution >= 4 is 26.6 Å². The van der Waals surface area contributed by atoms with E-state index in [1.165, 1.54) is 0 Å². The van der Waals surface area contributed by atoms with Crippen molar-refractivity contribution in [2.75, 3.05) is 6.54 Å². The Kier molecular flexibility index (Phi) is 4.10. The lowest BCUT2D eigenvalue weighted by atomic mass is 9.86. The van der Waals surface area contributed by atoms with Crippen molar-refractivity contribution in [3.8, 4) is 0 Å². The number of rotatable bonds is 2. The van der Waals surface area contributed by atoms with E-state index in [4.69, 9.17) is 0 Å². The Hall–Kier alpha value is -2.60. The van der Waals surface area contributed by atoms with Gasteiger partial charge in [0.05, 0.1) is 16.2 Å². The maximum atomic E-state index is 13.7. The molecule has 0 bridgehead atoms. The molecule has 2 aromatic carbocycles. The topological polar surface area (TPSA) is 70.2 Å². The fraction of sp³-hybridized carbons (Fsp3) is 0.348. The van der Waals surface area contributed by atoms with Gasteiger partial charge in [-0.3, -0.25) is 4.79 Å². The summed E-state index contributed by atoms with van der Waals surface area (Å²) < 4.78 is 27.4. The van der Waals surface area contributed by atoms with Crippen LogP contribution < -0.4 is 0 Å². The summed E-state index contributed by atoms with van der Waals surface area (Å²) in [6.45, 7) is 4.34. The van der Waals surface area contributed by atoms with Crippen molar-refractivity contribution in [2.24, 2.45) is 5.92 Å². The molecule has 5 rings (SSSR count). The van der Waals surface area contributed by atoms with Crippen LogP contribution in [-0.2, 0) is 21.1 Å². The first-order valence-electron chi connectivity index (χ1n) is 10.1. The fourth-order valence-corrected chi connectivity index (χ4v) is 6.99. The van der Waals surface area contributed by atoms with E-state index >= 15 is 0 Å². The number of amides is 1. The van der Waals surface area contributed by atoms with Crippen LogP contribution in [0, 0.1) is 12.8 Å². The van der Waals surface area contributed by atoms with Crippen LogP contribution in [0.25, 0.3) is 10.9 Å². The third kappa shape index (κ3) is 2.73. The quantitative estimate of drug-likeness (QED) is 0.701. The van der Waals surface area contributed by atoms with Gasteiger partial charge in [0.25, 0.3) is 0 Å². The third-order valence-electron chi connectivity index (χ3n) is 6.47. The Morgan fingerprint density at radius 1 is 1.07 bits per heavy atom. The molecule has 1 aromatic heterocycles. The monoisotopic (exact) mass is 408 g/mol. The molecule has 1 N–H and O–H groups in total. The van der Waals surface area contributed by atoms with Crippen LogP contribution in [0.4, 0.5) is 0 Å². The second-order valence-corrected chi connectivity index (χ2v) is 10.5. The van der Waals surface area contributed by atoms with Crippen molar-refractivity contribution in [1.29, 1.82) is 0 Å². The number of carbonyl (C=O) groups is 1. The number of aromatic nitrogens is 1. The molecule has 2 aliphatic rings. The highest BCUT2D eigenvalue weighted by Crippen LogP contribution is 2.45. The van der Waals surface area contributed by atoms with E-state index in [0.717, 1.165) is 34.1 Å². The number of benzene rings is 2. The number of nitrogens with zero attached hydrogens (tertiary/aromatic N) is 1. The average molecular weight is 409 g/mol. The normalized spacial score (nSPS) is 24.4. The largest absolute Gasteiger partial charge is 0.356 e. The Balaban J connectivity index is 1.68. The number of hydrogen-bond acceptors (Lipinski definition) is 3. The molecule has 3 aromatic rings. The number of piperidine rings is 1. The van der Waals surface area contributed by atoms with Crippen molar-refractivity contribution in [2.45, 2.75) is 42.9 Å². The summed E-state index contributed by atoms with van der Waals surface area (Å²) in [4.78, 5) is 18.5. The van der Waals surface area contributed by atoms with Crippen LogP contribution >= 0.6 is 0 Å². The smallest absolute Gasteiger partial charge is 0.226 e. The number of sulfone groups is 1. The molecule has 6 heteroatoms. The van der Waals surface area contributed by atoms with E-state index in [-0.39, 0.29) is 11.8 Å². The summed E-state index contributed by atoms with van der Waals surface area (Å²) in [6.07, 6.45) is 1.08. The van der Waals surface area contributed by atoms with E-state index in [0.29, 0.717) is 17.9 Å². The number of aryl methyl sites for hydroxylation is 1. The average Bonchev–Trinajstić information content (AvgIpc) is 3.09. The highest BCUT2D eigenvalue weighted by Gasteiger charge is 2.49. The van der Waals surface area contributed by atoms with Gasteiger partial charge in [-0.2, -0.15) is 0 Å². The highest BCUT2D eigenvalue weighted by molar-refractivity contribution is 7.92. The van der Waals surface area contributed by atoms with Crippen molar-refractivity contribution < 1.29 is 13.2 Å². The molecule has 150 valence electrons. The van der Waals surface area contributed by atoms with Crippen LogP contribution in [-0.4, -0.2) is 36.0 Å². The summed E-state index contributed by atoms with van der Waals surface area (Å²) in [7, 11) is -3.60. The Morgan fingerprint density at radius 2 is 1.79 bits per heavy atom. The zero-order valence-electron chi connectivity index (χ0n) is 16.6. The van der Waals surface area contributed by atoms with Crippen LogP contribution in [0.1, 0.15) is 36.2 Å². The number of fused-ring (bicyclic) bond motifs is 5. The van der Waals surface area contributed by atoms with E-state index in [1.54, 1.807) is 17.0 Å². The summed E-state index contributed by atoms with van der Waals surface area (Å²) in [5.41, 5.74) is 4.05. The maximum Gasteiger partial charge on any atom is 0.226 e. The fourth-order valence-electron chi connectivity index (χ4n) is 4.96. The molecule has 0 saturated carbocycles. The molecular formula is C23H24N2O3S. The molecule has 5 nitrogen and oxygen atoms in total. The zero-order chi connectivity index (χ0) is 20.3. The molecule has 2 aliphatic heterocycles. The van der Waals surface area contributed by atoms with Crippen LogP contribution in [0.2, 0.25) is 0 Å². The summed E-state index contributed by atoms with van der Waals surface area (Å²) in [6, 6.07) is 14.6. The first kappa shape index (κ1) is 18.4. The van der Waals surface area contributed by atoms with Crippen LogP contribution in [0.15, 0.2) is 53.4 Å². The van der Waals surface area contributed by atoms with E-state index < -0.39 is 21.1 Å². The van der Waals surface area contributed by atoms with Gasteiger partial charge in [-0.1, -0.05) is 42.8 Å². The van der Waals surface area contributed by atoms with Gasteiger partial charge < -0.3 is 9.88 Å². The van der Waals surface area contributed by atoms with Gasteiger partial charge in [0.15, 0.2) is 9.84 Å². The number of para-hydroxylation sites is 1. The Morgan fingerprint density at radius 3 is 2.55 bits per heavy atom. The molecule has 1 saturated heterocycles. The Bertz CT molecular complexity index is 1210. The minimum absolute atomic E-state index is 0.0506. The maximum absolute atomic E-state index is 13.7. The zero-order valence-corrected chi connectivity index (χ0v) is 17.4. The first-order valence-corrected chi connectivity index (χ1v) is 11.6. The molecule has 0 spiro atoms. The van der Waals surface area contributed by atoms with Gasteiger partial charge in [-0.05, 0) is 43.5 Å². The van der Waals surface area contributed by atoms with Gasteiger partial charge in [0, 0.05) is 29.1 Å². The standard InChI is InChI=1S/C23H24N2O3S/c1-14-7-9-16(10-8-14)29(27,28)20-13-15(2)23(26)25-12-11-18-17-5-3-4-6-19(17)24-21(18)22(20)25/h3-10,15,20,22,24H,11-13H2,1-2H3/t15?,20-,22-/m1/s1. The van der Waals surface area contributed by atoms with Gasteiger partial charge in [0.1, 0.15) is 0 Å². The summed E-state index contributed by atoms with van der Waals surface area (Å²) >= 11 is 0. The lowest BCUT2D eigenvalue weighted by Gasteiger charge is -2.45. The number of aromatic amines is 1. The predicted octanol–water partition coefficient (Wildman–Crippen LogP) is 3.78.